The summed E-state index contributed by atoms with van der Waals surface area (Å²) in [6.45, 7) is 7.34. The molecular weight excluding hydrogens is 260 g/mol. The van der Waals surface area contributed by atoms with Gasteiger partial charge in [-0.05, 0) is 48.5 Å². The molecule has 0 aliphatic rings. The molecule has 0 aliphatic carbocycles. The highest BCUT2D eigenvalue weighted by molar-refractivity contribution is 5.67. The van der Waals surface area contributed by atoms with Gasteiger partial charge in [0.15, 0.2) is 0 Å². The number of rotatable bonds is 5. The van der Waals surface area contributed by atoms with Crippen LogP contribution in [0.1, 0.15) is 19.5 Å². The Morgan fingerprint density at radius 2 is 1.76 bits per heavy atom. The Bertz CT molecular complexity index is 728. The monoisotopic (exact) mass is 280 g/mol. The lowest BCUT2D eigenvalue weighted by Gasteiger charge is -2.17. The molecule has 21 heavy (non-hydrogen) atoms. The standard InChI is InChI=1S/C17H20N4/c1-3-20(4-2)13-16-11-14(5-7-18-16)15-6-9-21-10-8-19-17(21)12-15/h5-12H,3-4,13H2,1-2H3. The lowest BCUT2D eigenvalue weighted by atomic mass is 10.1. The van der Waals surface area contributed by atoms with E-state index in [-0.39, 0.29) is 0 Å². The maximum Gasteiger partial charge on any atom is 0.137 e. The van der Waals surface area contributed by atoms with Gasteiger partial charge in [0.25, 0.3) is 0 Å². The number of imidazole rings is 1. The van der Waals surface area contributed by atoms with Crippen molar-refractivity contribution in [2.24, 2.45) is 0 Å². The summed E-state index contributed by atoms with van der Waals surface area (Å²) < 4.78 is 2.02. The molecule has 3 aromatic heterocycles. The second kappa shape index (κ2) is 6.06. The highest BCUT2D eigenvalue weighted by atomic mass is 15.1. The van der Waals surface area contributed by atoms with Gasteiger partial charge in [-0.25, -0.2) is 4.98 Å². The van der Waals surface area contributed by atoms with E-state index in [1.807, 2.05) is 29.2 Å². The zero-order chi connectivity index (χ0) is 14.7. The maximum atomic E-state index is 4.49. The zero-order valence-electron chi connectivity index (χ0n) is 12.5. The minimum absolute atomic E-state index is 0.895. The molecular formula is C17H20N4. The molecule has 108 valence electrons. The fourth-order valence-electron chi connectivity index (χ4n) is 2.51. The molecule has 0 bridgehead atoms. The van der Waals surface area contributed by atoms with Crippen LogP contribution < -0.4 is 0 Å². The van der Waals surface area contributed by atoms with Crippen LogP contribution >= 0.6 is 0 Å². The first kappa shape index (κ1) is 13.8. The number of hydrogen-bond donors (Lipinski definition) is 0. The molecule has 4 nitrogen and oxygen atoms in total. The molecule has 3 aromatic rings. The predicted octanol–water partition coefficient (Wildman–Crippen LogP) is 3.24. The highest BCUT2D eigenvalue weighted by Gasteiger charge is 2.05. The van der Waals surface area contributed by atoms with E-state index in [4.69, 9.17) is 0 Å². The van der Waals surface area contributed by atoms with Gasteiger partial charge in [-0.2, -0.15) is 0 Å². The highest BCUT2D eigenvalue weighted by Crippen LogP contribution is 2.21. The molecule has 0 fully saturated rings. The van der Waals surface area contributed by atoms with Gasteiger partial charge in [0, 0.05) is 31.3 Å². The topological polar surface area (TPSA) is 33.4 Å². The lowest BCUT2D eigenvalue weighted by Crippen LogP contribution is -2.22. The van der Waals surface area contributed by atoms with Gasteiger partial charge in [-0.1, -0.05) is 13.8 Å². The van der Waals surface area contributed by atoms with Gasteiger partial charge < -0.3 is 4.40 Å². The van der Waals surface area contributed by atoms with E-state index in [0.29, 0.717) is 0 Å². The molecule has 0 N–H and O–H groups in total. The zero-order valence-corrected chi connectivity index (χ0v) is 12.5. The van der Waals surface area contributed by atoms with Gasteiger partial charge in [-0.3, -0.25) is 9.88 Å². The van der Waals surface area contributed by atoms with Crippen LogP contribution in [0, 0.1) is 0 Å². The SMILES string of the molecule is CCN(CC)Cc1cc(-c2ccn3ccnc3c2)ccn1. The summed E-state index contributed by atoms with van der Waals surface area (Å²) in [6.07, 6.45) is 7.71. The minimum Gasteiger partial charge on any atom is -0.307 e. The molecule has 0 aliphatic heterocycles. The normalized spacial score (nSPS) is 11.4. The molecule has 0 amide bonds. The number of nitrogens with zero attached hydrogens (tertiary/aromatic N) is 4. The first-order valence-electron chi connectivity index (χ1n) is 7.40. The van der Waals surface area contributed by atoms with E-state index in [1.165, 1.54) is 11.1 Å². The number of aromatic nitrogens is 3. The van der Waals surface area contributed by atoms with Gasteiger partial charge >= 0.3 is 0 Å². The van der Waals surface area contributed by atoms with Crippen LogP contribution in [0.4, 0.5) is 0 Å². The van der Waals surface area contributed by atoms with Crippen LogP contribution in [0.5, 0.6) is 0 Å². The third-order valence-electron chi connectivity index (χ3n) is 3.83. The lowest BCUT2D eigenvalue weighted by molar-refractivity contribution is 0.292. The van der Waals surface area contributed by atoms with E-state index in [1.54, 1.807) is 0 Å². The second-order valence-corrected chi connectivity index (χ2v) is 5.11. The molecule has 3 rings (SSSR count). The van der Waals surface area contributed by atoms with Crippen molar-refractivity contribution in [2.45, 2.75) is 20.4 Å². The molecule has 0 spiro atoms. The van der Waals surface area contributed by atoms with Crippen LogP contribution in [0.25, 0.3) is 16.8 Å². The summed E-state index contributed by atoms with van der Waals surface area (Å²) in [5.74, 6) is 0. The largest absolute Gasteiger partial charge is 0.307 e. The number of hydrogen-bond acceptors (Lipinski definition) is 3. The fraction of sp³-hybridized carbons (Fsp3) is 0.294. The Morgan fingerprint density at radius 3 is 2.57 bits per heavy atom. The number of fused-ring (bicyclic) bond motifs is 1. The molecule has 0 radical (unpaired) electrons. The van der Waals surface area contributed by atoms with E-state index >= 15 is 0 Å². The van der Waals surface area contributed by atoms with E-state index in [2.05, 4.69) is 53.0 Å². The molecule has 4 heteroatoms. The molecule has 0 aromatic carbocycles. The van der Waals surface area contributed by atoms with Crippen molar-refractivity contribution >= 4 is 5.65 Å². The van der Waals surface area contributed by atoms with Crippen LogP contribution in [0.3, 0.4) is 0 Å². The maximum absolute atomic E-state index is 4.49. The van der Waals surface area contributed by atoms with Crippen molar-refractivity contribution in [3.63, 3.8) is 0 Å². The van der Waals surface area contributed by atoms with Crippen LogP contribution in [0.15, 0.2) is 49.1 Å². The Balaban J connectivity index is 1.91. The Morgan fingerprint density at radius 1 is 0.952 bits per heavy atom. The fourth-order valence-corrected chi connectivity index (χ4v) is 2.51. The van der Waals surface area contributed by atoms with E-state index in [0.717, 1.165) is 31.0 Å². The quantitative estimate of drug-likeness (QED) is 0.719. The van der Waals surface area contributed by atoms with Crippen molar-refractivity contribution in [1.29, 1.82) is 0 Å². The second-order valence-electron chi connectivity index (χ2n) is 5.11. The Hall–Kier alpha value is -2.20. The first-order chi connectivity index (χ1) is 10.3. The summed E-state index contributed by atoms with van der Waals surface area (Å²) in [7, 11) is 0. The van der Waals surface area contributed by atoms with Crippen molar-refractivity contribution in [2.75, 3.05) is 13.1 Å². The van der Waals surface area contributed by atoms with Gasteiger partial charge in [-0.15, -0.1) is 0 Å². The number of pyridine rings is 2. The molecule has 0 saturated carbocycles. The Kier molecular flexibility index (Phi) is 3.97. The van der Waals surface area contributed by atoms with Crippen molar-refractivity contribution < 1.29 is 0 Å². The third-order valence-corrected chi connectivity index (χ3v) is 3.83. The summed E-state index contributed by atoms with van der Waals surface area (Å²) in [4.78, 5) is 11.2. The molecule has 0 atom stereocenters. The smallest absolute Gasteiger partial charge is 0.137 e. The summed E-state index contributed by atoms with van der Waals surface area (Å²) >= 11 is 0. The van der Waals surface area contributed by atoms with Gasteiger partial charge in [0.1, 0.15) is 5.65 Å². The van der Waals surface area contributed by atoms with E-state index in [9.17, 15) is 0 Å². The van der Waals surface area contributed by atoms with Crippen LogP contribution in [0.2, 0.25) is 0 Å². The van der Waals surface area contributed by atoms with Gasteiger partial charge in [0.05, 0.1) is 5.69 Å². The van der Waals surface area contributed by atoms with Crippen molar-refractivity contribution in [1.82, 2.24) is 19.3 Å². The summed E-state index contributed by atoms with van der Waals surface area (Å²) in [6, 6.07) is 8.45. The molecule has 0 unspecified atom stereocenters. The minimum atomic E-state index is 0.895. The average molecular weight is 280 g/mol. The Labute approximate surface area is 125 Å². The third kappa shape index (κ3) is 2.95. The summed E-state index contributed by atoms with van der Waals surface area (Å²) in [5, 5.41) is 0. The van der Waals surface area contributed by atoms with Crippen molar-refractivity contribution in [3.8, 4) is 11.1 Å². The predicted molar refractivity (Wildman–Crippen MR) is 85.0 cm³/mol. The van der Waals surface area contributed by atoms with Gasteiger partial charge in [0.2, 0.25) is 0 Å². The van der Waals surface area contributed by atoms with Crippen molar-refractivity contribution in [3.05, 3.63) is 54.7 Å². The molecule has 3 heterocycles. The molecule has 0 saturated heterocycles. The summed E-state index contributed by atoms with van der Waals surface area (Å²) in [5.41, 5.74) is 4.45. The first-order valence-corrected chi connectivity index (χ1v) is 7.40. The van der Waals surface area contributed by atoms with Crippen LogP contribution in [-0.2, 0) is 6.54 Å². The van der Waals surface area contributed by atoms with E-state index < -0.39 is 0 Å². The average Bonchev–Trinajstić information content (AvgIpc) is 3.00. The van der Waals surface area contributed by atoms with Crippen LogP contribution in [-0.4, -0.2) is 32.4 Å².